The number of aryl methyl sites for hydroxylation is 1. The van der Waals surface area contributed by atoms with Crippen molar-refractivity contribution in [3.05, 3.63) is 53.9 Å². The first kappa shape index (κ1) is 14.8. The molecule has 0 bridgehead atoms. The lowest BCUT2D eigenvalue weighted by molar-refractivity contribution is 0.0472. The highest BCUT2D eigenvalue weighted by atomic mass is 16.5. The Labute approximate surface area is 123 Å². The lowest BCUT2D eigenvalue weighted by atomic mass is 10.2. The maximum atomic E-state index is 12.0. The summed E-state index contributed by atoms with van der Waals surface area (Å²) in [6, 6.07) is 10.5. The molecule has 0 fully saturated rings. The average Bonchev–Trinajstić information content (AvgIpc) is 2.90. The lowest BCUT2D eigenvalue weighted by Gasteiger charge is -2.13. The van der Waals surface area contributed by atoms with E-state index in [0.717, 1.165) is 5.69 Å². The Balaban J connectivity index is 2.00. The molecule has 2 aromatic rings. The predicted octanol–water partition coefficient (Wildman–Crippen LogP) is 2.13. The number of aromatic nitrogens is 1. The number of rotatable bonds is 5. The summed E-state index contributed by atoms with van der Waals surface area (Å²) in [5.41, 5.74) is 1.85. The van der Waals surface area contributed by atoms with Crippen molar-refractivity contribution in [2.75, 3.05) is 25.6 Å². The summed E-state index contributed by atoms with van der Waals surface area (Å²) in [4.78, 5) is 25.8. The monoisotopic (exact) mass is 286 g/mol. The summed E-state index contributed by atoms with van der Waals surface area (Å²) in [5, 5.41) is 0. The van der Waals surface area contributed by atoms with Gasteiger partial charge < -0.3 is 14.2 Å². The van der Waals surface area contributed by atoms with Crippen molar-refractivity contribution in [1.82, 2.24) is 4.57 Å². The molecule has 0 aliphatic carbocycles. The number of hydrogen-bond donors (Lipinski definition) is 0. The number of ether oxygens (including phenoxy) is 1. The second kappa shape index (κ2) is 6.26. The van der Waals surface area contributed by atoms with Crippen molar-refractivity contribution in [1.29, 1.82) is 0 Å². The number of Topliss-reactive ketones (excluding diaryl/α,β-unsaturated/α-hetero) is 1. The number of nitrogens with zero attached hydrogens (tertiary/aromatic N) is 2. The Kier molecular flexibility index (Phi) is 4.42. The van der Waals surface area contributed by atoms with Crippen LogP contribution < -0.4 is 4.90 Å². The Morgan fingerprint density at radius 3 is 2.57 bits per heavy atom. The highest BCUT2D eigenvalue weighted by Gasteiger charge is 2.14. The molecule has 1 aromatic heterocycles. The van der Waals surface area contributed by atoms with Gasteiger partial charge >= 0.3 is 5.97 Å². The topological polar surface area (TPSA) is 51.5 Å². The summed E-state index contributed by atoms with van der Waals surface area (Å²) in [5.74, 6) is -0.721. The molecular formula is C16H18N2O3. The van der Waals surface area contributed by atoms with Gasteiger partial charge in [-0.05, 0) is 30.3 Å². The minimum atomic E-state index is -0.499. The molecular weight excluding hydrogens is 268 g/mol. The van der Waals surface area contributed by atoms with E-state index in [-0.39, 0.29) is 12.4 Å². The predicted molar refractivity (Wildman–Crippen MR) is 80.8 cm³/mol. The SMILES string of the molecule is CN(C)c1cccc(C(=O)OCC(=O)c2cccn2C)c1. The van der Waals surface area contributed by atoms with E-state index >= 15 is 0 Å². The molecule has 0 radical (unpaired) electrons. The van der Waals surface area contributed by atoms with Crippen molar-refractivity contribution in [3.63, 3.8) is 0 Å². The zero-order valence-electron chi connectivity index (χ0n) is 12.4. The molecule has 110 valence electrons. The molecule has 1 heterocycles. The van der Waals surface area contributed by atoms with Gasteiger partial charge in [0, 0.05) is 33.0 Å². The van der Waals surface area contributed by atoms with Crippen molar-refractivity contribution in [2.45, 2.75) is 0 Å². The fraction of sp³-hybridized carbons (Fsp3) is 0.250. The smallest absolute Gasteiger partial charge is 0.338 e. The molecule has 5 heteroatoms. The molecule has 2 rings (SSSR count). The van der Waals surface area contributed by atoms with Crippen LogP contribution in [0.2, 0.25) is 0 Å². The largest absolute Gasteiger partial charge is 0.454 e. The quantitative estimate of drug-likeness (QED) is 0.624. The highest BCUT2D eigenvalue weighted by Crippen LogP contribution is 2.14. The number of carbonyl (C=O) groups is 2. The lowest BCUT2D eigenvalue weighted by Crippen LogP contribution is -2.17. The zero-order chi connectivity index (χ0) is 15.4. The van der Waals surface area contributed by atoms with E-state index in [1.807, 2.05) is 25.1 Å². The van der Waals surface area contributed by atoms with Gasteiger partial charge in [-0.25, -0.2) is 4.79 Å². The fourth-order valence-electron chi connectivity index (χ4n) is 1.95. The first-order chi connectivity index (χ1) is 9.99. The molecule has 1 aromatic carbocycles. The first-order valence-electron chi connectivity index (χ1n) is 6.58. The number of hydrogen-bond acceptors (Lipinski definition) is 4. The summed E-state index contributed by atoms with van der Waals surface area (Å²) in [6.45, 7) is -0.261. The Morgan fingerprint density at radius 2 is 1.95 bits per heavy atom. The maximum absolute atomic E-state index is 12.0. The Bertz CT molecular complexity index is 659. The van der Waals surface area contributed by atoms with Gasteiger partial charge in [0.2, 0.25) is 5.78 Å². The van der Waals surface area contributed by atoms with Gasteiger partial charge in [-0.15, -0.1) is 0 Å². The maximum Gasteiger partial charge on any atom is 0.338 e. The van der Waals surface area contributed by atoms with Gasteiger partial charge in [0.25, 0.3) is 0 Å². The minimum absolute atomic E-state index is 0.223. The van der Waals surface area contributed by atoms with Gasteiger partial charge in [-0.2, -0.15) is 0 Å². The van der Waals surface area contributed by atoms with Crippen LogP contribution in [0.3, 0.4) is 0 Å². The van der Waals surface area contributed by atoms with E-state index in [1.54, 1.807) is 48.1 Å². The summed E-state index contributed by atoms with van der Waals surface area (Å²) < 4.78 is 6.78. The van der Waals surface area contributed by atoms with Crippen LogP contribution in [0, 0.1) is 0 Å². The number of anilines is 1. The summed E-state index contributed by atoms with van der Waals surface area (Å²) in [7, 11) is 5.56. The number of esters is 1. The van der Waals surface area contributed by atoms with Crippen molar-refractivity contribution in [2.24, 2.45) is 7.05 Å². The average molecular weight is 286 g/mol. The number of benzene rings is 1. The van der Waals surface area contributed by atoms with Gasteiger partial charge in [0.15, 0.2) is 6.61 Å². The van der Waals surface area contributed by atoms with Crippen molar-refractivity contribution >= 4 is 17.4 Å². The van der Waals surface area contributed by atoms with E-state index in [1.165, 1.54) is 0 Å². The fourth-order valence-corrected chi connectivity index (χ4v) is 1.95. The Hall–Kier alpha value is -2.56. The second-order valence-corrected chi connectivity index (χ2v) is 4.95. The first-order valence-corrected chi connectivity index (χ1v) is 6.58. The molecule has 0 atom stereocenters. The van der Waals surface area contributed by atoms with Crippen LogP contribution in [-0.4, -0.2) is 37.0 Å². The Morgan fingerprint density at radius 1 is 1.19 bits per heavy atom. The van der Waals surface area contributed by atoms with Crippen LogP contribution in [0.15, 0.2) is 42.6 Å². The van der Waals surface area contributed by atoms with Crippen molar-refractivity contribution < 1.29 is 14.3 Å². The zero-order valence-corrected chi connectivity index (χ0v) is 12.4. The molecule has 0 spiro atoms. The molecule has 0 saturated heterocycles. The van der Waals surface area contributed by atoms with Gasteiger partial charge in [-0.3, -0.25) is 4.79 Å². The van der Waals surface area contributed by atoms with Gasteiger partial charge in [0.05, 0.1) is 11.3 Å². The third-order valence-electron chi connectivity index (χ3n) is 3.16. The van der Waals surface area contributed by atoms with E-state index in [0.29, 0.717) is 11.3 Å². The molecule has 0 unspecified atom stereocenters. The molecule has 5 nitrogen and oxygen atoms in total. The second-order valence-electron chi connectivity index (χ2n) is 4.95. The molecule has 0 aliphatic heterocycles. The summed E-state index contributed by atoms with van der Waals surface area (Å²) >= 11 is 0. The third-order valence-corrected chi connectivity index (χ3v) is 3.16. The molecule has 21 heavy (non-hydrogen) atoms. The van der Waals surface area contributed by atoms with E-state index in [4.69, 9.17) is 4.74 Å². The third kappa shape index (κ3) is 3.51. The van der Waals surface area contributed by atoms with E-state index < -0.39 is 5.97 Å². The van der Waals surface area contributed by atoms with Crippen LogP contribution in [0.4, 0.5) is 5.69 Å². The summed E-state index contributed by atoms with van der Waals surface area (Å²) in [6.07, 6.45) is 1.77. The van der Waals surface area contributed by atoms with Crippen LogP contribution in [0.1, 0.15) is 20.8 Å². The number of carbonyl (C=O) groups excluding carboxylic acids is 2. The van der Waals surface area contributed by atoms with Crippen LogP contribution in [0.5, 0.6) is 0 Å². The van der Waals surface area contributed by atoms with Gasteiger partial charge in [0.1, 0.15) is 0 Å². The van der Waals surface area contributed by atoms with Crippen molar-refractivity contribution in [3.8, 4) is 0 Å². The molecule has 0 saturated carbocycles. The molecule has 0 aliphatic rings. The minimum Gasteiger partial charge on any atom is -0.454 e. The van der Waals surface area contributed by atoms with E-state index in [2.05, 4.69) is 0 Å². The van der Waals surface area contributed by atoms with Crippen LogP contribution in [-0.2, 0) is 11.8 Å². The van der Waals surface area contributed by atoms with Gasteiger partial charge in [-0.1, -0.05) is 6.07 Å². The van der Waals surface area contributed by atoms with Crippen LogP contribution >= 0.6 is 0 Å². The number of ketones is 1. The van der Waals surface area contributed by atoms with E-state index in [9.17, 15) is 9.59 Å². The van der Waals surface area contributed by atoms with Crippen LogP contribution in [0.25, 0.3) is 0 Å². The standard InChI is InChI=1S/C16H18N2O3/c1-17(2)13-7-4-6-12(10-13)16(20)21-11-15(19)14-8-5-9-18(14)3/h4-10H,11H2,1-3H3. The molecule has 0 N–H and O–H groups in total. The molecule has 0 amide bonds. The highest BCUT2D eigenvalue weighted by molar-refractivity contribution is 5.98. The normalized spacial score (nSPS) is 10.2.